The summed E-state index contributed by atoms with van der Waals surface area (Å²) in [5.41, 5.74) is 6.84. The maximum atomic E-state index is 3.51. The van der Waals surface area contributed by atoms with Crippen LogP contribution in [-0.4, -0.2) is 9.55 Å². The predicted molar refractivity (Wildman–Crippen MR) is 117 cm³/mol. The van der Waals surface area contributed by atoms with E-state index in [1.54, 1.807) is 0 Å². The minimum absolute atomic E-state index is 0.0169. The van der Waals surface area contributed by atoms with Crippen molar-refractivity contribution in [3.05, 3.63) is 71.5 Å². The number of benzene rings is 2. The van der Waals surface area contributed by atoms with Crippen LogP contribution in [0.1, 0.15) is 51.3 Å². The lowest BCUT2D eigenvalue weighted by Crippen LogP contribution is -2.24. The highest BCUT2D eigenvalue weighted by Crippen LogP contribution is 2.36. The smallest absolute Gasteiger partial charge is 0.0486 e. The summed E-state index contributed by atoms with van der Waals surface area (Å²) in [4.78, 5) is 3.51. The van der Waals surface area contributed by atoms with Gasteiger partial charge in [-0.15, -0.1) is 0 Å². The number of hydrogen-bond donors (Lipinski definition) is 1. The Morgan fingerprint density at radius 1 is 0.852 bits per heavy atom. The lowest BCUT2D eigenvalue weighted by Gasteiger charge is -2.26. The molecule has 0 fully saturated rings. The number of H-pyrrole nitrogens is 1. The normalized spacial score (nSPS) is 13.0. The van der Waals surface area contributed by atoms with Crippen molar-refractivity contribution in [2.45, 2.75) is 58.9 Å². The van der Waals surface area contributed by atoms with Gasteiger partial charge in [-0.3, -0.25) is 0 Å². The van der Waals surface area contributed by atoms with E-state index in [0.29, 0.717) is 0 Å². The van der Waals surface area contributed by atoms with Crippen LogP contribution in [0.3, 0.4) is 0 Å². The molecule has 2 aromatic heterocycles. The summed E-state index contributed by atoms with van der Waals surface area (Å²) in [5, 5.41) is 2.71. The van der Waals surface area contributed by atoms with Crippen LogP contribution in [0.5, 0.6) is 0 Å². The first kappa shape index (κ1) is 17.9. The van der Waals surface area contributed by atoms with Gasteiger partial charge in [-0.1, -0.05) is 71.0 Å². The van der Waals surface area contributed by atoms with E-state index in [-0.39, 0.29) is 10.8 Å². The third-order valence-electron chi connectivity index (χ3n) is 5.82. The molecule has 4 aromatic rings. The zero-order valence-electron chi connectivity index (χ0n) is 17.4. The second-order valence-corrected chi connectivity index (χ2v) is 9.52. The van der Waals surface area contributed by atoms with Gasteiger partial charge in [0.25, 0.3) is 0 Å². The Kier molecular flexibility index (Phi) is 3.99. The summed E-state index contributed by atoms with van der Waals surface area (Å²) >= 11 is 0. The van der Waals surface area contributed by atoms with E-state index >= 15 is 0 Å². The van der Waals surface area contributed by atoms with Crippen molar-refractivity contribution < 1.29 is 0 Å². The van der Waals surface area contributed by atoms with Gasteiger partial charge in [-0.2, -0.15) is 0 Å². The first-order valence-corrected chi connectivity index (χ1v) is 9.84. The van der Waals surface area contributed by atoms with Crippen molar-refractivity contribution in [3.8, 4) is 0 Å². The quantitative estimate of drug-likeness (QED) is 0.420. The van der Waals surface area contributed by atoms with Crippen LogP contribution < -0.4 is 0 Å². The standard InChI is InChI=1S/C25H30N2/c1-17-10-9-12-19-20(14-26-23(17)19)25(5,6)16-27-15-21(24(2,3)4)18-11-7-8-13-22(18)27/h7-15,26H,16H2,1-6H3. The molecular weight excluding hydrogens is 328 g/mol. The molecule has 0 aliphatic rings. The van der Waals surface area contributed by atoms with Crippen LogP contribution >= 0.6 is 0 Å². The van der Waals surface area contributed by atoms with Gasteiger partial charge in [0.1, 0.15) is 0 Å². The second-order valence-electron chi connectivity index (χ2n) is 9.52. The van der Waals surface area contributed by atoms with Crippen molar-refractivity contribution in [3.63, 3.8) is 0 Å². The molecule has 0 bridgehead atoms. The number of fused-ring (bicyclic) bond motifs is 2. The summed E-state index contributed by atoms with van der Waals surface area (Å²) in [6, 6.07) is 15.4. The highest BCUT2D eigenvalue weighted by Gasteiger charge is 2.27. The average molecular weight is 359 g/mol. The summed E-state index contributed by atoms with van der Waals surface area (Å²) in [6.45, 7) is 14.7. The van der Waals surface area contributed by atoms with Gasteiger partial charge < -0.3 is 9.55 Å². The van der Waals surface area contributed by atoms with Crippen molar-refractivity contribution in [1.82, 2.24) is 9.55 Å². The Hall–Kier alpha value is -2.48. The number of rotatable bonds is 3. The van der Waals surface area contributed by atoms with E-state index in [4.69, 9.17) is 0 Å². The van der Waals surface area contributed by atoms with Crippen LogP contribution in [0.15, 0.2) is 54.9 Å². The molecule has 0 unspecified atom stereocenters. The molecule has 2 heteroatoms. The molecule has 2 aromatic carbocycles. The van der Waals surface area contributed by atoms with Gasteiger partial charge >= 0.3 is 0 Å². The van der Waals surface area contributed by atoms with Crippen molar-refractivity contribution in [2.24, 2.45) is 0 Å². The van der Waals surface area contributed by atoms with Gasteiger partial charge in [0.05, 0.1) is 0 Å². The third-order valence-corrected chi connectivity index (χ3v) is 5.82. The third kappa shape index (κ3) is 2.97. The van der Waals surface area contributed by atoms with Crippen LogP contribution in [0.25, 0.3) is 21.8 Å². The zero-order chi connectivity index (χ0) is 19.4. The van der Waals surface area contributed by atoms with E-state index in [1.165, 1.54) is 38.5 Å². The second kappa shape index (κ2) is 6.02. The largest absolute Gasteiger partial charge is 0.361 e. The number of aromatic nitrogens is 2. The Morgan fingerprint density at radius 3 is 2.30 bits per heavy atom. The Labute approximate surface area is 162 Å². The lowest BCUT2D eigenvalue weighted by atomic mass is 9.84. The number of hydrogen-bond acceptors (Lipinski definition) is 0. The predicted octanol–water partition coefficient (Wildman–Crippen LogP) is 6.71. The molecule has 27 heavy (non-hydrogen) atoms. The van der Waals surface area contributed by atoms with Crippen LogP contribution in [-0.2, 0) is 17.4 Å². The van der Waals surface area contributed by atoms with Crippen LogP contribution in [0, 0.1) is 6.92 Å². The number of nitrogens with zero attached hydrogens (tertiary/aromatic N) is 1. The molecule has 4 rings (SSSR count). The minimum Gasteiger partial charge on any atom is -0.361 e. The van der Waals surface area contributed by atoms with E-state index < -0.39 is 0 Å². The first-order chi connectivity index (χ1) is 12.7. The van der Waals surface area contributed by atoms with Crippen molar-refractivity contribution >= 4 is 21.8 Å². The molecule has 0 aliphatic carbocycles. The number of nitrogens with one attached hydrogen (secondary N) is 1. The average Bonchev–Trinajstić information content (AvgIpc) is 3.18. The fourth-order valence-corrected chi connectivity index (χ4v) is 4.35. The zero-order valence-corrected chi connectivity index (χ0v) is 17.4. The molecule has 0 radical (unpaired) electrons. The molecular formula is C25H30N2. The van der Waals surface area contributed by atoms with Crippen LogP contribution in [0.2, 0.25) is 0 Å². The molecule has 0 amide bonds. The molecule has 0 saturated carbocycles. The Balaban J connectivity index is 1.82. The summed E-state index contributed by atoms with van der Waals surface area (Å²) in [6.07, 6.45) is 4.57. The maximum absolute atomic E-state index is 3.51. The lowest BCUT2D eigenvalue weighted by molar-refractivity contribution is 0.444. The van der Waals surface area contributed by atoms with Crippen molar-refractivity contribution in [2.75, 3.05) is 0 Å². The highest BCUT2D eigenvalue weighted by atomic mass is 15.0. The van der Waals surface area contributed by atoms with Crippen molar-refractivity contribution in [1.29, 1.82) is 0 Å². The van der Waals surface area contributed by atoms with Gasteiger partial charge in [0.2, 0.25) is 0 Å². The molecule has 0 spiro atoms. The van der Waals surface area contributed by atoms with E-state index in [9.17, 15) is 0 Å². The molecule has 2 heterocycles. The molecule has 2 nitrogen and oxygen atoms in total. The monoisotopic (exact) mass is 358 g/mol. The van der Waals surface area contributed by atoms with Gasteiger partial charge in [0, 0.05) is 46.2 Å². The minimum atomic E-state index is 0.0169. The molecule has 0 saturated heterocycles. The fraction of sp³-hybridized carbons (Fsp3) is 0.360. The van der Waals surface area contributed by atoms with Crippen LogP contribution in [0.4, 0.5) is 0 Å². The molecule has 0 atom stereocenters. The maximum Gasteiger partial charge on any atom is 0.0486 e. The van der Waals surface area contributed by atoms with Gasteiger partial charge in [-0.05, 0) is 35.1 Å². The van der Waals surface area contributed by atoms with Gasteiger partial charge in [-0.25, -0.2) is 0 Å². The fourth-order valence-electron chi connectivity index (χ4n) is 4.35. The first-order valence-electron chi connectivity index (χ1n) is 9.84. The molecule has 0 aliphatic heterocycles. The Bertz CT molecular complexity index is 1120. The van der Waals surface area contributed by atoms with E-state index in [2.05, 4.69) is 106 Å². The molecule has 140 valence electrons. The number of aryl methyl sites for hydroxylation is 1. The Morgan fingerprint density at radius 2 is 1.56 bits per heavy atom. The summed E-state index contributed by atoms with van der Waals surface area (Å²) in [7, 11) is 0. The topological polar surface area (TPSA) is 20.7 Å². The van der Waals surface area contributed by atoms with E-state index in [1.807, 2.05) is 0 Å². The van der Waals surface area contributed by atoms with E-state index in [0.717, 1.165) is 6.54 Å². The summed E-state index contributed by atoms with van der Waals surface area (Å²) < 4.78 is 2.45. The SMILES string of the molecule is Cc1cccc2c(C(C)(C)Cn3cc(C(C)(C)C)c4ccccc43)c[nH]c12. The number of aromatic amines is 1. The summed E-state index contributed by atoms with van der Waals surface area (Å²) in [5.74, 6) is 0. The number of para-hydroxylation sites is 2. The highest BCUT2D eigenvalue weighted by molar-refractivity contribution is 5.87. The van der Waals surface area contributed by atoms with Gasteiger partial charge in [0.15, 0.2) is 0 Å². The molecule has 1 N–H and O–H groups in total.